The van der Waals surface area contributed by atoms with E-state index >= 15 is 0 Å². The molecule has 2 aromatic carbocycles. The summed E-state index contributed by atoms with van der Waals surface area (Å²) in [5.74, 6) is -0.151. The highest BCUT2D eigenvalue weighted by molar-refractivity contribution is 5.89. The van der Waals surface area contributed by atoms with Gasteiger partial charge in [-0.15, -0.1) is 0 Å². The van der Waals surface area contributed by atoms with Gasteiger partial charge in [-0.1, -0.05) is 24.3 Å². The molecule has 0 amide bonds. The van der Waals surface area contributed by atoms with Gasteiger partial charge in [0.2, 0.25) is 0 Å². The summed E-state index contributed by atoms with van der Waals surface area (Å²) < 4.78 is 20.5. The molecule has 0 atom stereocenters. The van der Waals surface area contributed by atoms with Crippen LogP contribution in [0.1, 0.15) is 15.9 Å². The van der Waals surface area contributed by atoms with Gasteiger partial charge in [0, 0.05) is 18.9 Å². The van der Waals surface area contributed by atoms with Gasteiger partial charge in [-0.05, 0) is 29.8 Å². The molecule has 0 N–H and O–H groups in total. The highest BCUT2D eigenvalue weighted by atomic mass is 19.1. The Hall–Kier alpha value is -2.95. The predicted octanol–water partition coefficient (Wildman–Crippen LogP) is 3.52. The third kappa shape index (κ3) is 3.13. The molecule has 4 nitrogen and oxygen atoms in total. The van der Waals surface area contributed by atoms with E-state index in [4.69, 9.17) is 4.74 Å². The van der Waals surface area contributed by atoms with E-state index < -0.39 is 0 Å². The Morgan fingerprint density at radius 3 is 2.83 bits per heavy atom. The first-order valence-corrected chi connectivity index (χ1v) is 7.12. The smallest absolute Gasteiger partial charge is 0.337 e. The van der Waals surface area contributed by atoms with E-state index in [0.717, 1.165) is 5.56 Å². The summed E-state index contributed by atoms with van der Waals surface area (Å²) in [5.41, 5.74) is 1.84. The molecule has 116 valence electrons. The molecule has 0 aliphatic rings. The van der Waals surface area contributed by atoms with E-state index in [9.17, 15) is 9.18 Å². The third-order valence-electron chi connectivity index (χ3n) is 3.53. The zero-order valence-electron chi connectivity index (χ0n) is 12.6. The minimum absolute atomic E-state index is 0.316. The second-order valence-corrected chi connectivity index (χ2v) is 5.05. The van der Waals surface area contributed by atoms with Gasteiger partial charge in [0.25, 0.3) is 0 Å². The molecule has 0 fully saturated rings. The minimum Gasteiger partial charge on any atom is -0.465 e. The minimum atomic E-state index is -0.383. The number of hydrogen-bond acceptors (Lipinski definition) is 3. The summed E-state index contributed by atoms with van der Waals surface area (Å²) in [6.45, 7) is 0.481. The van der Waals surface area contributed by atoms with Crippen LogP contribution in [0, 0.1) is 5.82 Å². The van der Waals surface area contributed by atoms with Gasteiger partial charge in [-0.25, -0.2) is 14.2 Å². The number of halogens is 1. The molecule has 0 spiro atoms. The van der Waals surface area contributed by atoms with E-state index in [1.54, 1.807) is 48.8 Å². The maximum atomic E-state index is 14.0. The largest absolute Gasteiger partial charge is 0.465 e. The average molecular weight is 310 g/mol. The molecule has 23 heavy (non-hydrogen) atoms. The molecule has 5 heteroatoms. The van der Waals surface area contributed by atoms with Crippen molar-refractivity contribution in [1.29, 1.82) is 0 Å². The van der Waals surface area contributed by atoms with Crippen molar-refractivity contribution in [3.05, 3.63) is 77.9 Å². The van der Waals surface area contributed by atoms with Crippen LogP contribution in [0.4, 0.5) is 4.39 Å². The lowest BCUT2D eigenvalue weighted by atomic mass is 10.1. The molecular formula is C18H15FN2O2. The van der Waals surface area contributed by atoms with Crippen LogP contribution >= 0.6 is 0 Å². The molecule has 0 saturated carbocycles. The van der Waals surface area contributed by atoms with Crippen molar-refractivity contribution in [2.45, 2.75) is 6.54 Å². The number of carbonyl (C=O) groups is 1. The van der Waals surface area contributed by atoms with Crippen LogP contribution < -0.4 is 0 Å². The Morgan fingerprint density at radius 2 is 2.04 bits per heavy atom. The van der Waals surface area contributed by atoms with Crippen molar-refractivity contribution < 1.29 is 13.9 Å². The maximum absolute atomic E-state index is 14.0. The highest BCUT2D eigenvalue weighted by Crippen LogP contribution is 2.22. The van der Waals surface area contributed by atoms with E-state index in [1.807, 2.05) is 10.6 Å². The number of nitrogens with zero attached hydrogens (tertiary/aromatic N) is 2. The van der Waals surface area contributed by atoms with E-state index in [0.29, 0.717) is 23.5 Å². The molecule has 0 radical (unpaired) electrons. The number of methoxy groups -OCH3 is 1. The predicted molar refractivity (Wildman–Crippen MR) is 84.5 cm³/mol. The van der Waals surface area contributed by atoms with Gasteiger partial charge in [-0.2, -0.15) is 0 Å². The molecule has 0 aliphatic carbocycles. The van der Waals surface area contributed by atoms with Crippen LogP contribution in [0.2, 0.25) is 0 Å². The summed E-state index contributed by atoms with van der Waals surface area (Å²) in [6, 6.07) is 13.7. The van der Waals surface area contributed by atoms with Gasteiger partial charge in [0.05, 0.1) is 18.2 Å². The fourth-order valence-corrected chi connectivity index (χ4v) is 2.43. The number of ether oxygens (including phenoxy) is 1. The molecule has 3 aromatic rings. The molecule has 0 unspecified atom stereocenters. The second-order valence-electron chi connectivity index (χ2n) is 5.05. The van der Waals surface area contributed by atoms with Crippen LogP contribution in [-0.4, -0.2) is 22.6 Å². The summed E-state index contributed by atoms with van der Waals surface area (Å²) in [4.78, 5) is 15.9. The molecule has 0 aliphatic heterocycles. The van der Waals surface area contributed by atoms with E-state index in [2.05, 4.69) is 4.98 Å². The molecular weight excluding hydrogens is 295 g/mol. The van der Waals surface area contributed by atoms with Crippen LogP contribution in [0.3, 0.4) is 0 Å². The lowest BCUT2D eigenvalue weighted by molar-refractivity contribution is 0.0600. The summed E-state index contributed by atoms with van der Waals surface area (Å²) >= 11 is 0. The number of carbonyl (C=O) groups excluding carboxylic acids is 1. The number of aromatic nitrogens is 2. The van der Waals surface area contributed by atoms with Crippen LogP contribution in [0.25, 0.3) is 11.4 Å². The standard InChI is InChI=1S/C18H15FN2O2/c1-23-18(22)14-6-4-5-13(11-14)12-21-10-9-20-17(21)15-7-2-3-8-16(15)19/h2-11H,12H2,1H3. The van der Waals surface area contributed by atoms with Gasteiger partial charge in [-0.3, -0.25) is 0 Å². The topological polar surface area (TPSA) is 44.1 Å². The van der Waals surface area contributed by atoms with Crippen LogP contribution in [0.15, 0.2) is 60.9 Å². The van der Waals surface area contributed by atoms with Crippen molar-refractivity contribution >= 4 is 5.97 Å². The zero-order chi connectivity index (χ0) is 16.2. The average Bonchev–Trinajstić information content (AvgIpc) is 3.02. The molecule has 3 rings (SSSR count). The first kappa shape index (κ1) is 15.0. The Balaban J connectivity index is 1.92. The summed E-state index contributed by atoms with van der Waals surface area (Å²) in [5, 5.41) is 0. The third-order valence-corrected chi connectivity index (χ3v) is 3.53. The van der Waals surface area contributed by atoms with E-state index in [1.165, 1.54) is 13.2 Å². The SMILES string of the molecule is COC(=O)c1cccc(Cn2ccnc2-c2ccccc2F)c1. The zero-order valence-corrected chi connectivity index (χ0v) is 12.6. The van der Waals surface area contributed by atoms with Crippen molar-refractivity contribution in [1.82, 2.24) is 9.55 Å². The van der Waals surface area contributed by atoms with Crippen molar-refractivity contribution in [3.63, 3.8) is 0 Å². The molecule has 0 saturated heterocycles. The number of esters is 1. The first-order valence-electron chi connectivity index (χ1n) is 7.12. The van der Waals surface area contributed by atoms with Crippen molar-refractivity contribution in [2.24, 2.45) is 0 Å². The fraction of sp³-hybridized carbons (Fsp3) is 0.111. The van der Waals surface area contributed by atoms with Crippen molar-refractivity contribution in [2.75, 3.05) is 7.11 Å². The first-order chi connectivity index (χ1) is 11.2. The lowest BCUT2D eigenvalue weighted by Gasteiger charge is -2.09. The summed E-state index contributed by atoms with van der Waals surface area (Å²) in [7, 11) is 1.35. The second kappa shape index (κ2) is 6.44. The Kier molecular flexibility index (Phi) is 4.19. The van der Waals surface area contributed by atoms with Gasteiger partial charge in [0.15, 0.2) is 0 Å². The molecule has 1 heterocycles. The highest BCUT2D eigenvalue weighted by Gasteiger charge is 2.11. The summed E-state index contributed by atoms with van der Waals surface area (Å²) in [6.07, 6.45) is 3.42. The van der Waals surface area contributed by atoms with Gasteiger partial charge in [0.1, 0.15) is 11.6 Å². The van der Waals surface area contributed by atoms with Gasteiger partial charge >= 0.3 is 5.97 Å². The van der Waals surface area contributed by atoms with Crippen molar-refractivity contribution in [3.8, 4) is 11.4 Å². The number of hydrogen-bond donors (Lipinski definition) is 0. The molecule has 1 aromatic heterocycles. The Morgan fingerprint density at radius 1 is 1.22 bits per heavy atom. The Labute approximate surface area is 133 Å². The Bertz CT molecular complexity index is 842. The lowest BCUT2D eigenvalue weighted by Crippen LogP contribution is -2.05. The number of rotatable bonds is 4. The fourth-order valence-electron chi connectivity index (χ4n) is 2.43. The monoisotopic (exact) mass is 310 g/mol. The maximum Gasteiger partial charge on any atom is 0.337 e. The van der Waals surface area contributed by atoms with Crippen LogP contribution in [-0.2, 0) is 11.3 Å². The quantitative estimate of drug-likeness (QED) is 0.693. The molecule has 0 bridgehead atoms. The van der Waals surface area contributed by atoms with Gasteiger partial charge < -0.3 is 9.30 Å². The number of imidazole rings is 1. The number of benzene rings is 2. The normalized spacial score (nSPS) is 10.5. The van der Waals surface area contributed by atoms with E-state index in [-0.39, 0.29) is 11.8 Å². The van der Waals surface area contributed by atoms with Crippen LogP contribution in [0.5, 0.6) is 0 Å².